The molecular weight excluding hydrogens is 384 g/mol. The number of rotatable bonds is 4. The Bertz CT molecular complexity index is 970. The molecule has 0 radical (unpaired) electrons. The molecule has 0 atom stereocenters. The van der Waals surface area contributed by atoms with Gasteiger partial charge in [0.05, 0.1) is 29.1 Å². The zero-order valence-electron chi connectivity index (χ0n) is 13.9. The van der Waals surface area contributed by atoms with E-state index in [1.807, 2.05) is 26.0 Å². The maximum atomic E-state index is 12.8. The minimum atomic E-state index is -0.241. The summed E-state index contributed by atoms with van der Waals surface area (Å²) in [6.45, 7) is 3.76. The summed E-state index contributed by atoms with van der Waals surface area (Å²) in [6.07, 6.45) is 4.71. The van der Waals surface area contributed by atoms with Gasteiger partial charge in [-0.05, 0) is 44.2 Å². The Morgan fingerprint density at radius 1 is 1.32 bits per heavy atom. The average Bonchev–Trinajstić information content (AvgIpc) is 2.58. The predicted octanol–water partition coefficient (Wildman–Crippen LogP) is 3.00. The van der Waals surface area contributed by atoms with Gasteiger partial charge in [-0.3, -0.25) is 19.1 Å². The summed E-state index contributed by atoms with van der Waals surface area (Å²) >= 11 is 3.36. The van der Waals surface area contributed by atoms with E-state index in [9.17, 15) is 9.59 Å². The molecule has 0 spiro atoms. The number of benzene rings is 1. The average molecular weight is 401 g/mol. The fraction of sp³-hybridized carbons (Fsp3) is 0.222. The van der Waals surface area contributed by atoms with Crippen LogP contribution in [-0.2, 0) is 11.3 Å². The van der Waals surface area contributed by atoms with Crippen molar-refractivity contribution in [2.45, 2.75) is 26.4 Å². The number of pyridine rings is 1. The van der Waals surface area contributed by atoms with Crippen LogP contribution in [0.5, 0.6) is 0 Å². The molecule has 128 valence electrons. The highest BCUT2D eigenvalue weighted by Crippen LogP contribution is 2.17. The van der Waals surface area contributed by atoms with Crippen molar-refractivity contribution in [2.24, 2.45) is 0 Å². The number of carbonyl (C=O) groups is 1. The number of hydrogen-bond donors (Lipinski definition) is 0. The third-order valence-electron chi connectivity index (χ3n) is 3.80. The van der Waals surface area contributed by atoms with Gasteiger partial charge < -0.3 is 4.90 Å². The van der Waals surface area contributed by atoms with Crippen LogP contribution in [0.2, 0.25) is 0 Å². The molecular formula is C18H17BrN4O2. The van der Waals surface area contributed by atoms with Crippen molar-refractivity contribution in [3.8, 4) is 0 Å². The van der Waals surface area contributed by atoms with Crippen LogP contribution in [0.4, 0.5) is 5.69 Å². The highest BCUT2D eigenvalue weighted by atomic mass is 79.9. The minimum absolute atomic E-state index is 0.0602. The zero-order chi connectivity index (χ0) is 18.0. The van der Waals surface area contributed by atoms with E-state index in [0.717, 1.165) is 4.47 Å². The number of hydrogen-bond acceptors (Lipinski definition) is 4. The van der Waals surface area contributed by atoms with Gasteiger partial charge in [0.15, 0.2) is 0 Å². The second kappa shape index (κ2) is 7.14. The molecule has 2 heterocycles. The monoisotopic (exact) mass is 400 g/mol. The first kappa shape index (κ1) is 17.3. The van der Waals surface area contributed by atoms with E-state index < -0.39 is 0 Å². The Balaban J connectivity index is 1.95. The maximum Gasteiger partial charge on any atom is 0.261 e. The van der Waals surface area contributed by atoms with Crippen molar-refractivity contribution in [1.29, 1.82) is 0 Å². The first-order valence-electron chi connectivity index (χ1n) is 7.84. The van der Waals surface area contributed by atoms with Crippen LogP contribution in [0.1, 0.15) is 13.8 Å². The lowest BCUT2D eigenvalue weighted by Crippen LogP contribution is -2.41. The summed E-state index contributed by atoms with van der Waals surface area (Å²) in [5.41, 5.74) is 1.06. The van der Waals surface area contributed by atoms with E-state index >= 15 is 0 Å². The van der Waals surface area contributed by atoms with Crippen LogP contribution < -0.4 is 10.5 Å². The lowest BCUT2D eigenvalue weighted by molar-refractivity contribution is -0.119. The number of fused-ring (bicyclic) bond motifs is 1. The Morgan fingerprint density at radius 2 is 2.12 bits per heavy atom. The number of amides is 1. The molecule has 0 unspecified atom stereocenters. The molecule has 2 aromatic heterocycles. The standard InChI is InChI=1S/C18H17BrN4O2/c1-12(2)23(14-4-3-7-20-9-14)17(24)10-22-11-21-16-6-5-13(19)8-15(16)18(22)25/h3-9,11-12H,10H2,1-2H3. The second-order valence-corrected chi connectivity index (χ2v) is 6.82. The number of halogens is 1. The van der Waals surface area contributed by atoms with E-state index in [-0.39, 0.29) is 24.1 Å². The van der Waals surface area contributed by atoms with Gasteiger partial charge in [-0.15, -0.1) is 0 Å². The number of anilines is 1. The van der Waals surface area contributed by atoms with Gasteiger partial charge >= 0.3 is 0 Å². The van der Waals surface area contributed by atoms with Gasteiger partial charge in [-0.2, -0.15) is 0 Å². The van der Waals surface area contributed by atoms with Gasteiger partial charge in [0.2, 0.25) is 5.91 Å². The molecule has 3 aromatic rings. The third-order valence-corrected chi connectivity index (χ3v) is 4.29. The SMILES string of the molecule is CC(C)N(C(=O)Cn1cnc2ccc(Br)cc2c1=O)c1cccnc1. The summed E-state index contributed by atoms with van der Waals surface area (Å²) in [5.74, 6) is -0.193. The molecule has 1 amide bonds. The highest BCUT2D eigenvalue weighted by Gasteiger charge is 2.20. The van der Waals surface area contributed by atoms with Crippen LogP contribution in [0.3, 0.4) is 0 Å². The molecule has 0 aliphatic heterocycles. The van der Waals surface area contributed by atoms with Crippen LogP contribution in [0.15, 0.2) is 58.3 Å². The van der Waals surface area contributed by atoms with Gasteiger partial charge in [-0.25, -0.2) is 4.98 Å². The lowest BCUT2D eigenvalue weighted by Gasteiger charge is -2.26. The van der Waals surface area contributed by atoms with Crippen LogP contribution in [-0.4, -0.2) is 26.5 Å². The third kappa shape index (κ3) is 3.61. The van der Waals surface area contributed by atoms with E-state index in [1.54, 1.807) is 35.5 Å². The maximum absolute atomic E-state index is 12.8. The fourth-order valence-electron chi connectivity index (χ4n) is 2.69. The molecule has 0 bridgehead atoms. The van der Waals surface area contributed by atoms with Crippen molar-refractivity contribution in [3.63, 3.8) is 0 Å². The van der Waals surface area contributed by atoms with E-state index in [0.29, 0.717) is 16.6 Å². The molecule has 6 nitrogen and oxygen atoms in total. The van der Waals surface area contributed by atoms with Gasteiger partial charge in [0, 0.05) is 16.7 Å². The van der Waals surface area contributed by atoms with E-state index in [1.165, 1.54) is 10.9 Å². The Labute approximate surface area is 153 Å². The van der Waals surface area contributed by atoms with Crippen molar-refractivity contribution in [1.82, 2.24) is 14.5 Å². The highest BCUT2D eigenvalue weighted by molar-refractivity contribution is 9.10. The van der Waals surface area contributed by atoms with Crippen LogP contribution >= 0.6 is 15.9 Å². The molecule has 0 aliphatic rings. The van der Waals surface area contributed by atoms with Crippen molar-refractivity contribution in [2.75, 3.05) is 4.90 Å². The normalized spacial score (nSPS) is 11.0. The summed E-state index contributed by atoms with van der Waals surface area (Å²) < 4.78 is 2.13. The predicted molar refractivity (Wildman–Crippen MR) is 101 cm³/mol. The molecule has 0 aliphatic carbocycles. The van der Waals surface area contributed by atoms with Gasteiger partial charge in [-0.1, -0.05) is 15.9 Å². The number of nitrogens with zero attached hydrogens (tertiary/aromatic N) is 4. The number of aromatic nitrogens is 3. The van der Waals surface area contributed by atoms with E-state index in [2.05, 4.69) is 25.9 Å². The molecule has 3 rings (SSSR count). The summed E-state index contributed by atoms with van der Waals surface area (Å²) in [7, 11) is 0. The molecule has 0 N–H and O–H groups in total. The molecule has 7 heteroatoms. The first-order valence-corrected chi connectivity index (χ1v) is 8.63. The van der Waals surface area contributed by atoms with Gasteiger partial charge in [0.1, 0.15) is 6.54 Å². The summed E-state index contributed by atoms with van der Waals surface area (Å²) in [6, 6.07) is 8.85. The molecule has 0 fully saturated rings. The largest absolute Gasteiger partial charge is 0.307 e. The Morgan fingerprint density at radius 3 is 2.80 bits per heavy atom. The molecule has 0 saturated heterocycles. The Hall–Kier alpha value is -2.54. The zero-order valence-corrected chi connectivity index (χ0v) is 15.5. The quantitative estimate of drug-likeness (QED) is 0.674. The van der Waals surface area contributed by atoms with Crippen molar-refractivity contribution in [3.05, 3.63) is 63.9 Å². The van der Waals surface area contributed by atoms with Crippen molar-refractivity contribution < 1.29 is 4.79 Å². The summed E-state index contributed by atoms with van der Waals surface area (Å²) in [5, 5.41) is 0.474. The molecule has 25 heavy (non-hydrogen) atoms. The molecule has 1 aromatic carbocycles. The fourth-order valence-corrected chi connectivity index (χ4v) is 3.05. The molecule has 0 saturated carbocycles. The van der Waals surface area contributed by atoms with Crippen LogP contribution in [0, 0.1) is 0 Å². The summed E-state index contributed by atoms with van der Waals surface area (Å²) in [4.78, 5) is 35.4. The second-order valence-electron chi connectivity index (χ2n) is 5.91. The van der Waals surface area contributed by atoms with E-state index in [4.69, 9.17) is 0 Å². The minimum Gasteiger partial charge on any atom is -0.307 e. The van der Waals surface area contributed by atoms with Crippen molar-refractivity contribution >= 4 is 38.4 Å². The number of carbonyl (C=O) groups excluding carboxylic acids is 1. The Kier molecular flexibility index (Phi) is 4.94. The lowest BCUT2D eigenvalue weighted by atomic mass is 10.2. The smallest absolute Gasteiger partial charge is 0.261 e. The van der Waals surface area contributed by atoms with Crippen LogP contribution in [0.25, 0.3) is 10.9 Å². The topological polar surface area (TPSA) is 68.1 Å². The van der Waals surface area contributed by atoms with Gasteiger partial charge in [0.25, 0.3) is 5.56 Å². The first-order chi connectivity index (χ1) is 12.0.